The number of thioether (sulfide) groups is 1. The van der Waals surface area contributed by atoms with Gasteiger partial charge in [-0.3, -0.25) is 9.69 Å². The molecule has 2 aliphatic rings. The molecule has 2 nitrogen and oxygen atoms in total. The van der Waals surface area contributed by atoms with E-state index in [0.717, 1.165) is 40.2 Å². The van der Waals surface area contributed by atoms with Gasteiger partial charge in [-0.05, 0) is 36.5 Å². The fourth-order valence-electron chi connectivity index (χ4n) is 3.28. The maximum atomic E-state index is 12.6. The molecule has 2 fully saturated rings. The first kappa shape index (κ1) is 16.3. The molecule has 0 spiro atoms. The van der Waals surface area contributed by atoms with Gasteiger partial charge in [0.25, 0.3) is 0 Å². The van der Waals surface area contributed by atoms with Gasteiger partial charge in [0, 0.05) is 11.6 Å². The summed E-state index contributed by atoms with van der Waals surface area (Å²) in [7, 11) is 0. The molecular weight excluding hydrogens is 334 g/mol. The second-order valence-electron chi connectivity index (χ2n) is 6.13. The Morgan fingerprint density at radius 1 is 1.23 bits per heavy atom. The number of halogens is 1. The highest BCUT2D eigenvalue weighted by atomic mass is 35.5. The van der Waals surface area contributed by atoms with Crippen molar-refractivity contribution < 1.29 is 4.79 Å². The number of benzene rings is 1. The molecule has 1 atom stereocenters. The lowest BCUT2D eigenvalue weighted by Crippen LogP contribution is -2.33. The molecule has 1 amide bonds. The number of hydrogen-bond acceptors (Lipinski definition) is 3. The van der Waals surface area contributed by atoms with Crippen LogP contribution in [0.15, 0.2) is 24.3 Å². The fourth-order valence-corrected chi connectivity index (χ4v) is 4.99. The van der Waals surface area contributed by atoms with Crippen molar-refractivity contribution in [1.82, 2.24) is 4.90 Å². The number of nitrogens with zero attached hydrogens (tertiary/aromatic N) is 1. The van der Waals surface area contributed by atoms with Crippen molar-refractivity contribution in [3.8, 4) is 0 Å². The normalized spacial score (nSPS) is 22.8. The van der Waals surface area contributed by atoms with E-state index in [1.807, 2.05) is 29.2 Å². The van der Waals surface area contributed by atoms with Crippen molar-refractivity contribution in [2.45, 2.75) is 43.8 Å². The molecule has 3 rings (SSSR count). The lowest BCUT2D eigenvalue weighted by molar-refractivity contribution is -0.126. The molecular formula is C17H20ClNOS2. The van der Waals surface area contributed by atoms with Crippen molar-refractivity contribution in [3.05, 3.63) is 34.9 Å². The summed E-state index contributed by atoms with van der Waals surface area (Å²) < 4.78 is 0.752. The molecule has 0 N–H and O–H groups in total. The number of carbonyl (C=O) groups is 1. The molecule has 1 aliphatic heterocycles. The molecule has 0 bridgehead atoms. The molecule has 1 heterocycles. The van der Waals surface area contributed by atoms with Gasteiger partial charge in [0.1, 0.15) is 4.32 Å². The topological polar surface area (TPSA) is 20.3 Å². The van der Waals surface area contributed by atoms with Crippen molar-refractivity contribution in [1.29, 1.82) is 0 Å². The highest BCUT2D eigenvalue weighted by molar-refractivity contribution is 8.24. The molecule has 1 aliphatic carbocycles. The minimum atomic E-state index is -0.0720. The minimum Gasteiger partial charge on any atom is -0.297 e. The average Bonchev–Trinajstić information content (AvgIpc) is 3.10. The Hall–Kier alpha value is -0.580. The zero-order valence-electron chi connectivity index (χ0n) is 12.5. The minimum absolute atomic E-state index is 0.0720. The van der Waals surface area contributed by atoms with E-state index in [1.165, 1.54) is 37.4 Å². The van der Waals surface area contributed by atoms with Crippen LogP contribution in [0.4, 0.5) is 0 Å². The maximum Gasteiger partial charge on any atom is 0.241 e. The molecule has 0 aromatic heterocycles. The van der Waals surface area contributed by atoms with Gasteiger partial charge in [0.2, 0.25) is 5.91 Å². The first-order valence-electron chi connectivity index (χ1n) is 7.90. The quantitative estimate of drug-likeness (QED) is 0.716. The van der Waals surface area contributed by atoms with Gasteiger partial charge in [0.15, 0.2) is 0 Å². The van der Waals surface area contributed by atoms with Crippen LogP contribution in [0.25, 0.3) is 0 Å². The van der Waals surface area contributed by atoms with Gasteiger partial charge in [-0.25, -0.2) is 0 Å². The number of thiocarbonyl (C=S) groups is 1. The number of rotatable bonds is 5. The third-order valence-electron chi connectivity index (χ3n) is 4.57. The predicted octanol–water partition coefficient (Wildman–Crippen LogP) is 4.69. The van der Waals surface area contributed by atoms with Crippen molar-refractivity contribution >= 4 is 45.8 Å². The van der Waals surface area contributed by atoms with Crippen LogP contribution >= 0.6 is 35.6 Å². The third-order valence-corrected chi connectivity index (χ3v) is 6.41. The van der Waals surface area contributed by atoms with E-state index in [4.69, 9.17) is 23.8 Å². The zero-order chi connectivity index (χ0) is 15.5. The number of amides is 1. The Balaban J connectivity index is 1.57. The van der Waals surface area contributed by atoms with Crippen molar-refractivity contribution in [2.75, 3.05) is 6.54 Å². The highest BCUT2D eigenvalue weighted by Gasteiger charge is 2.36. The molecule has 22 heavy (non-hydrogen) atoms. The Kier molecular flexibility index (Phi) is 5.42. The SMILES string of the molecule is O=C1[C@H](Cc2ccc(Cl)cc2)SC(=S)N1CCC1CCCC1. The van der Waals surface area contributed by atoms with E-state index in [9.17, 15) is 4.79 Å². The second kappa shape index (κ2) is 7.33. The van der Waals surface area contributed by atoms with Crippen LogP contribution in [-0.4, -0.2) is 26.9 Å². The van der Waals surface area contributed by atoms with Crippen LogP contribution in [0.1, 0.15) is 37.7 Å². The first-order valence-corrected chi connectivity index (χ1v) is 9.56. The van der Waals surface area contributed by atoms with Crippen LogP contribution in [0.3, 0.4) is 0 Å². The Bertz CT molecular complexity index is 554. The zero-order valence-corrected chi connectivity index (χ0v) is 14.9. The summed E-state index contributed by atoms with van der Waals surface area (Å²) in [5, 5.41) is 0.653. The predicted molar refractivity (Wildman–Crippen MR) is 97.4 cm³/mol. The van der Waals surface area contributed by atoms with Crippen LogP contribution in [-0.2, 0) is 11.2 Å². The van der Waals surface area contributed by atoms with Crippen molar-refractivity contribution in [2.24, 2.45) is 5.92 Å². The maximum absolute atomic E-state index is 12.6. The number of carbonyl (C=O) groups excluding carboxylic acids is 1. The molecule has 118 valence electrons. The van der Waals surface area contributed by atoms with E-state index in [2.05, 4.69) is 0 Å². The summed E-state index contributed by atoms with van der Waals surface area (Å²) in [4.78, 5) is 14.4. The summed E-state index contributed by atoms with van der Waals surface area (Å²) in [6, 6.07) is 7.72. The number of hydrogen-bond donors (Lipinski definition) is 0. The van der Waals surface area contributed by atoms with Crippen molar-refractivity contribution in [3.63, 3.8) is 0 Å². The fraction of sp³-hybridized carbons (Fsp3) is 0.529. The van der Waals surface area contributed by atoms with Gasteiger partial charge < -0.3 is 0 Å². The summed E-state index contributed by atoms with van der Waals surface area (Å²) >= 11 is 12.9. The summed E-state index contributed by atoms with van der Waals surface area (Å²) in [5.41, 5.74) is 1.13. The Morgan fingerprint density at radius 3 is 2.59 bits per heavy atom. The Labute approximate surface area is 146 Å². The van der Waals surface area contributed by atoms with E-state index in [1.54, 1.807) is 0 Å². The smallest absolute Gasteiger partial charge is 0.241 e. The monoisotopic (exact) mass is 353 g/mol. The van der Waals surface area contributed by atoms with Crippen LogP contribution in [0.2, 0.25) is 5.02 Å². The van der Waals surface area contributed by atoms with E-state index >= 15 is 0 Å². The van der Waals surface area contributed by atoms with Gasteiger partial charge in [-0.1, -0.05) is 73.4 Å². The third kappa shape index (κ3) is 3.84. The Morgan fingerprint density at radius 2 is 1.91 bits per heavy atom. The molecule has 5 heteroatoms. The first-order chi connectivity index (χ1) is 10.6. The van der Waals surface area contributed by atoms with Crippen LogP contribution < -0.4 is 0 Å². The molecule has 0 unspecified atom stereocenters. The lowest BCUT2D eigenvalue weighted by Gasteiger charge is -2.18. The standard InChI is InChI=1S/C17H20ClNOS2/c18-14-7-5-13(6-8-14)11-15-16(20)19(17(21)22-15)10-9-12-3-1-2-4-12/h5-8,12,15H,1-4,9-11H2/t15-/m0/s1. The summed E-state index contributed by atoms with van der Waals surface area (Å²) in [6.07, 6.45) is 7.14. The van der Waals surface area contributed by atoms with Crippen LogP contribution in [0.5, 0.6) is 0 Å². The lowest BCUT2D eigenvalue weighted by atomic mass is 10.0. The highest BCUT2D eigenvalue weighted by Crippen LogP contribution is 2.33. The molecule has 1 saturated heterocycles. The van der Waals surface area contributed by atoms with Gasteiger partial charge >= 0.3 is 0 Å². The summed E-state index contributed by atoms with van der Waals surface area (Å²) in [6.45, 7) is 0.798. The van der Waals surface area contributed by atoms with E-state index in [0.29, 0.717) is 0 Å². The summed E-state index contributed by atoms with van der Waals surface area (Å²) in [5.74, 6) is 0.971. The van der Waals surface area contributed by atoms with Gasteiger partial charge in [0.05, 0.1) is 5.25 Å². The molecule has 1 aromatic carbocycles. The molecule has 1 saturated carbocycles. The second-order valence-corrected chi connectivity index (χ2v) is 8.41. The van der Waals surface area contributed by atoms with E-state index in [-0.39, 0.29) is 11.2 Å². The molecule has 0 radical (unpaired) electrons. The van der Waals surface area contributed by atoms with Gasteiger partial charge in [-0.15, -0.1) is 0 Å². The van der Waals surface area contributed by atoms with Crippen LogP contribution in [0, 0.1) is 5.92 Å². The average molecular weight is 354 g/mol. The molecule has 1 aromatic rings. The van der Waals surface area contributed by atoms with E-state index < -0.39 is 0 Å². The largest absolute Gasteiger partial charge is 0.297 e. The van der Waals surface area contributed by atoms with Gasteiger partial charge in [-0.2, -0.15) is 0 Å².